The molecule has 0 spiro atoms. The second-order valence-corrected chi connectivity index (χ2v) is 5.87. The minimum absolute atomic E-state index is 0.194. The molecule has 0 radical (unpaired) electrons. The molecule has 1 aromatic rings. The van der Waals surface area contributed by atoms with Crippen molar-refractivity contribution in [3.05, 3.63) is 29.8 Å². The first kappa shape index (κ1) is 12.3. The van der Waals surface area contributed by atoms with Crippen LogP contribution in [0.3, 0.4) is 0 Å². The topological polar surface area (TPSA) is 101 Å². The zero-order valence-electron chi connectivity index (χ0n) is 7.69. The van der Waals surface area contributed by atoms with E-state index < -0.39 is 20.9 Å². The number of benzene rings is 1. The summed E-state index contributed by atoms with van der Waals surface area (Å²) >= 11 is 0. The molecule has 0 aliphatic rings. The van der Waals surface area contributed by atoms with Crippen molar-refractivity contribution in [2.75, 3.05) is 0 Å². The summed E-state index contributed by atoms with van der Waals surface area (Å²) in [5.74, 6) is 0. The first-order chi connectivity index (χ1) is 6.71. The number of rotatable bonds is 3. The first-order valence-corrected chi connectivity index (χ1v) is 6.74. The molecule has 0 aliphatic carbocycles. The van der Waals surface area contributed by atoms with Crippen LogP contribution in [-0.4, -0.2) is 21.7 Å². The van der Waals surface area contributed by atoms with Gasteiger partial charge in [0.1, 0.15) is 10.5 Å². The monoisotopic (exact) mass is 254 g/mol. The van der Waals surface area contributed by atoms with E-state index in [0.717, 1.165) is 0 Å². The fourth-order valence-electron chi connectivity index (χ4n) is 0.974. The van der Waals surface area contributed by atoms with Gasteiger partial charge in [-0.1, -0.05) is 12.1 Å². The van der Waals surface area contributed by atoms with E-state index in [0.29, 0.717) is 5.56 Å². The van der Waals surface area contributed by atoms with Crippen LogP contribution in [0.2, 0.25) is 0 Å². The molecule has 0 bridgehead atoms. The van der Waals surface area contributed by atoms with Crippen molar-refractivity contribution in [3.8, 4) is 0 Å². The molecule has 1 aromatic carbocycles. The molecular formula is C7H10O6S2. The minimum Gasteiger partial charge on any atom is -0.305 e. The standard InChI is InChI=1S/C7H10O6S2/c1-6-3-2-4-7(5-6)14(8,9)13-15(10,11)12/h2-5,14H,1H3,(H,8,9)(H,10,11,12). The molecule has 0 fully saturated rings. The van der Waals surface area contributed by atoms with Gasteiger partial charge in [0, 0.05) is 0 Å². The third kappa shape index (κ3) is 3.68. The lowest BCUT2D eigenvalue weighted by atomic mass is 10.2. The molecule has 0 atom stereocenters. The average molecular weight is 254 g/mol. The molecule has 8 heteroatoms. The zero-order chi connectivity index (χ0) is 11.7. The Hall–Kier alpha value is -0.800. The molecule has 0 amide bonds. The predicted octanol–water partition coefficient (Wildman–Crippen LogP) is 0.578. The number of aryl methyl sites for hydroxylation is 1. The summed E-state index contributed by atoms with van der Waals surface area (Å²) < 4.78 is 53.2. The molecule has 0 saturated carbocycles. The van der Waals surface area contributed by atoms with E-state index >= 15 is 0 Å². The third-order valence-corrected chi connectivity index (χ3v) is 4.02. The number of thiol groups is 1. The van der Waals surface area contributed by atoms with Gasteiger partial charge in [0.05, 0.1) is 4.90 Å². The van der Waals surface area contributed by atoms with Crippen LogP contribution in [0.25, 0.3) is 0 Å². The van der Waals surface area contributed by atoms with E-state index in [4.69, 9.17) is 4.55 Å². The summed E-state index contributed by atoms with van der Waals surface area (Å²) in [6, 6.07) is 5.67. The molecule has 6 nitrogen and oxygen atoms in total. The van der Waals surface area contributed by atoms with Crippen LogP contribution < -0.4 is 0 Å². The molecule has 0 unspecified atom stereocenters. The summed E-state index contributed by atoms with van der Waals surface area (Å²) in [4.78, 5) is -0.194. The third-order valence-electron chi connectivity index (χ3n) is 1.52. The van der Waals surface area contributed by atoms with E-state index in [9.17, 15) is 17.2 Å². The van der Waals surface area contributed by atoms with Gasteiger partial charge in [-0.15, -0.1) is 3.63 Å². The fraction of sp³-hybridized carbons (Fsp3) is 0.143. The number of hydrogen-bond donors (Lipinski definition) is 3. The molecule has 2 N–H and O–H groups in total. The quantitative estimate of drug-likeness (QED) is 0.538. The Kier molecular flexibility index (Phi) is 3.26. The molecule has 0 heterocycles. The van der Waals surface area contributed by atoms with Gasteiger partial charge in [0.2, 0.25) is 0 Å². The van der Waals surface area contributed by atoms with Crippen molar-refractivity contribution in [1.82, 2.24) is 0 Å². The van der Waals surface area contributed by atoms with Crippen molar-refractivity contribution < 1.29 is 25.4 Å². The van der Waals surface area contributed by atoms with E-state index in [1.807, 2.05) is 0 Å². The van der Waals surface area contributed by atoms with Crippen LogP contribution in [0.4, 0.5) is 0 Å². The van der Waals surface area contributed by atoms with Gasteiger partial charge in [0.25, 0.3) is 0 Å². The van der Waals surface area contributed by atoms with Gasteiger partial charge < -0.3 is 4.55 Å². The highest BCUT2D eigenvalue weighted by molar-refractivity contribution is 8.01. The lowest BCUT2D eigenvalue weighted by Crippen LogP contribution is -2.19. The van der Waals surface area contributed by atoms with E-state index in [-0.39, 0.29) is 4.90 Å². The number of hydrogen-bond acceptors (Lipinski definition) is 4. The summed E-state index contributed by atoms with van der Waals surface area (Å²) in [6.45, 7) is 1.66. The van der Waals surface area contributed by atoms with Crippen molar-refractivity contribution in [1.29, 1.82) is 0 Å². The second kappa shape index (κ2) is 3.99. The SMILES string of the molecule is Cc1cccc([SH](=O)(O)OS(=O)(=O)O)c1. The van der Waals surface area contributed by atoms with Gasteiger partial charge in [-0.05, 0) is 24.6 Å². The first-order valence-electron chi connectivity index (χ1n) is 3.79. The molecule has 86 valence electrons. The van der Waals surface area contributed by atoms with Crippen LogP contribution >= 0.6 is 0 Å². The maximum Gasteiger partial charge on any atom is 0.410 e. The van der Waals surface area contributed by atoms with Gasteiger partial charge in [-0.3, -0.25) is 4.55 Å². The highest BCUT2D eigenvalue weighted by atomic mass is 32.3. The van der Waals surface area contributed by atoms with Crippen LogP contribution in [0.1, 0.15) is 5.56 Å². The highest BCUT2D eigenvalue weighted by Crippen LogP contribution is 2.20. The molecule has 15 heavy (non-hydrogen) atoms. The van der Waals surface area contributed by atoms with Crippen molar-refractivity contribution in [3.63, 3.8) is 0 Å². The van der Waals surface area contributed by atoms with Gasteiger partial charge in [-0.2, -0.15) is 8.42 Å². The van der Waals surface area contributed by atoms with Crippen LogP contribution in [0.5, 0.6) is 0 Å². The minimum atomic E-state index is -4.96. The molecule has 0 saturated heterocycles. The van der Waals surface area contributed by atoms with Gasteiger partial charge in [0.15, 0.2) is 0 Å². The Morgan fingerprint density at radius 2 is 2.00 bits per heavy atom. The zero-order valence-corrected chi connectivity index (χ0v) is 9.40. The van der Waals surface area contributed by atoms with Crippen molar-refractivity contribution >= 4 is 20.9 Å². The van der Waals surface area contributed by atoms with E-state index in [2.05, 4.69) is 3.63 Å². The fourth-order valence-corrected chi connectivity index (χ4v) is 2.98. The van der Waals surface area contributed by atoms with Crippen LogP contribution in [0.15, 0.2) is 29.2 Å². The van der Waals surface area contributed by atoms with Crippen LogP contribution in [-0.2, 0) is 24.5 Å². The highest BCUT2D eigenvalue weighted by Gasteiger charge is 2.21. The maximum absolute atomic E-state index is 11.4. The normalized spacial score (nSPS) is 13.8. The van der Waals surface area contributed by atoms with Gasteiger partial charge >= 0.3 is 10.4 Å². The van der Waals surface area contributed by atoms with Crippen LogP contribution in [0, 0.1) is 6.92 Å². The van der Waals surface area contributed by atoms with E-state index in [1.54, 1.807) is 13.0 Å². The Balaban J connectivity index is 3.12. The Morgan fingerprint density at radius 3 is 2.47 bits per heavy atom. The largest absolute Gasteiger partial charge is 0.410 e. The summed E-state index contributed by atoms with van der Waals surface area (Å²) in [5.41, 5.74) is 0.667. The van der Waals surface area contributed by atoms with Crippen molar-refractivity contribution in [2.24, 2.45) is 0 Å². The maximum atomic E-state index is 11.4. The lowest BCUT2D eigenvalue weighted by Gasteiger charge is -2.15. The Bertz CT molecular complexity index is 506. The summed E-state index contributed by atoms with van der Waals surface area (Å²) in [5, 5.41) is 0. The van der Waals surface area contributed by atoms with Crippen molar-refractivity contribution in [2.45, 2.75) is 11.8 Å². The molecular weight excluding hydrogens is 244 g/mol. The Labute approximate surface area is 88.3 Å². The lowest BCUT2D eigenvalue weighted by molar-refractivity contribution is 0.363. The Morgan fingerprint density at radius 1 is 1.40 bits per heavy atom. The molecule has 0 aromatic heterocycles. The van der Waals surface area contributed by atoms with E-state index in [1.165, 1.54) is 18.2 Å². The average Bonchev–Trinajstić information content (AvgIpc) is 1.99. The smallest absolute Gasteiger partial charge is 0.305 e. The van der Waals surface area contributed by atoms with Gasteiger partial charge in [-0.25, -0.2) is 4.21 Å². The molecule has 1 rings (SSSR count). The molecule has 0 aliphatic heterocycles. The predicted molar refractivity (Wildman–Crippen MR) is 54.2 cm³/mol. The second-order valence-electron chi connectivity index (χ2n) is 2.86. The summed E-state index contributed by atoms with van der Waals surface area (Å²) in [7, 11) is -9.49. The summed E-state index contributed by atoms with van der Waals surface area (Å²) in [6.07, 6.45) is 0.